The summed E-state index contributed by atoms with van der Waals surface area (Å²) in [5.74, 6) is 0.792. The van der Waals surface area contributed by atoms with Crippen LogP contribution < -0.4 is 0 Å². The summed E-state index contributed by atoms with van der Waals surface area (Å²) >= 11 is 0. The molecule has 5 saturated heterocycles. The first-order chi connectivity index (χ1) is 13.1. The topological polar surface area (TPSA) is 82.9 Å². The predicted molar refractivity (Wildman–Crippen MR) is 106 cm³/mol. The second-order valence-corrected chi connectivity index (χ2v) is 10.5. The summed E-state index contributed by atoms with van der Waals surface area (Å²) in [7, 11) is 4.42. The van der Waals surface area contributed by atoms with Gasteiger partial charge >= 0.3 is 0 Å². The molecule has 0 N–H and O–H groups in total. The monoisotopic (exact) mass is 419 g/mol. The lowest BCUT2D eigenvalue weighted by Gasteiger charge is -2.57. The molecular formula is C19H21N3O4S2. The van der Waals surface area contributed by atoms with Crippen LogP contribution in [0.4, 0.5) is 0 Å². The first-order valence-electron chi connectivity index (χ1n) is 8.87. The zero-order chi connectivity index (χ0) is 20.5. The molecule has 5 aliphatic rings. The molecule has 0 aromatic rings. The Labute approximate surface area is 171 Å². The van der Waals surface area contributed by atoms with Gasteiger partial charge in [0.05, 0.1) is 17.5 Å². The van der Waals surface area contributed by atoms with E-state index in [1.165, 1.54) is 26.5 Å². The lowest BCUT2D eigenvalue weighted by molar-refractivity contribution is -0.163. The van der Waals surface area contributed by atoms with Gasteiger partial charge in [-0.05, 0) is 38.5 Å². The molecule has 0 unspecified atom stereocenters. The number of hydrogen-bond acceptors (Lipinski definition) is 7. The van der Waals surface area contributed by atoms with Gasteiger partial charge in [0, 0.05) is 13.5 Å². The molecule has 0 radical (unpaired) electrons. The molecule has 0 aromatic carbocycles. The highest BCUT2D eigenvalue weighted by molar-refractivity contribution is 8.78. The maximum Gasteiger partial charge on any atom is 0.261 e. The van der Waals surface area contributed by atoms with Gasteiger partial charge in [0.1, 0.15) is 0 Å². The summed E-state index contributed by atoms with van der Waals surface area (Å²) < 4.78 is 10.9. The Hall–Kier alpha value is -2.05. The van der Waals surface area contributed by atoms with Crippen molar-refractivity contribution in [1.82, 2.24) is 9.80 Å². The van der Waals surface area contributed by atoms with Crippen LogP contribution in [-0.2, 0) is 19.1 Å². The number of allylic oxidation sites excluding steroid dienone is 1. The minimum atomic E-state index is -1.10. The van der Waals surface area contributed by atoms with Crippen LogP contribution in [0.1, 0.15) is 27.2 Å². The van der Waals surface area contributed by atoms with Gasteiger partial charge in [0.2, 0.25) is 6.79 Å². The summed E-state index contributed by atoms with van der Waals surface area (Å²) in [6, 6.07) is 1.73. The van der Waals surface area contributed by atoms with Gasteiger partial charge < -0.3 is 19.3 Å². The van der Waals surface area contributed by atoms with Crippen molar-refractivity contribution in [3.63, 3.8) is 0 Å². The molecule has 2 amide bonds. The number of nitriles is 1. The van der Waals surface area contributed by atoms with Crippen LogP contribution in [-0.4, -0.2) is 51.2 Å². The largest absolute Gasteiger partial charge is 0.454 e. The zero-order valence-corrected chi connectivity index (χ0v) is 17.8. The number of carbonyl (C=O) groups is 2. The van der Waals surface area contributed by atoms with Gasteiger partial charge in [-0.15, -0.1) is 0 Å². The molecule has 5 heterocycles. The number of rotatable bonds is 2. The molecule has 5 aliphatic heterocycles. The van der Waals surface area contributed by atoms with Gasteiger partial charge in [0.25, 0.3) is 11.8 Å². The third-order valence-electron chi connectivity index (χ3n) is 5.95. The van der Waals surface area contributed by atoms with Gasteiger partial charge in [-0.3, -0.25) is 9.59 Å². The van der Waals surface area contributed by atoms with Crippen LogP contribution in [0, 0.1) is 16.7 Å². The maximum absolute atomic E-state index is 13.5. The molecule has 0 aliphatic carbocycles. The Morgan fingerprint density at radius 1 is 1.29 bits per heavy atom. The SMILES string of the molecule is C=C(/C=C1/OCO/C1=C/C)[C@@H]1N2C(=O)[C@@]3(C)SS[C@]2(C[C@@]1(C)C#N)C(=O)N3C. The smallest absolute Gasteiger partial charge is 0.261 e. The second kappa shape index (κ2) is 5.97. The third-order valence-corrected chi connectivity index (χ3v) is 9.65. The molecule has 9 heteroatoms. The molecule has 4 atom stereocenters. The molecular weight excluding hydrogens is 398 g/mol. The molecule has 0 aromatic heterocycles. The molecule has 1 spiro atoms. The van der Waals surface area contributed by atoms with Crippen LogP contribution in [0.3, 0.4) is 0 Å². The van der Waals surface area contributed by atoms with E-state index < -0.39 is 21.2 Å². The van der Waals surface area contributed by atoms with E-state index in [4.69, 9.17) is 9.47 Å². The molecule has 28 heavy (non-hydrogen) atoms. The summed E-state index contributed by atoms with van der Waals surface area (Å²) in [4.78, 5) is 27.7. The third kappa shape index (κ3) is 2.19. The van der Waals surface area contributed by atoms with Crippen LogP contribution in [0.25, 0.3) is 0 Å². The number of ether oxygens (including phenoxy) is 2. The summed E-state index contributed by atoms with van der Waals surface area (Å²) in [6.07, 6.45) is 3.75. The lowest BCUT2D eigenvalue weighted by atomic mass is 9.79. The maximum atomic E-state index is 13.5. The normalized spacial score (nSPS) is 41.9. The minimum Gasteiger partial charge on any atom is -0.454 e. The Balaban J connectivity index is 1.82. The van der Waals surface area contributed by atoms with Crippen molar-refractivity contribution in [3.8, 4) is 6.07 Å². The first kappa shape index (κ1) is 19.3. The van der Waals surface area contributed by atoms with E-state index in [1.54, 1.807) is 37.9 Å². The van der Waals surface area contributed by atoms with Gasteiger partial charge in [-0.1, -0.05) is 28.2 Å². The second-order valence-electron chi connectivity index (χ2n) is 7.72. The van der Waals surface area contributed by atoms with Crippen molar-refractivity contribution in [3.05, 3.63) is 35.8 Å². The van der Waals surface area contributed by atoms with Crippen molar-refractivity contribution < 1.29 is 19.1 Å². The van der Waals surface area contributed by atoms with Crippen LogP contribution >= 0.6 is 21.6 Å². The molecule has 5 fully saturated rings. The quantitative estimate of drug-likeness (QED) is 0.637. The fourth-order valence-corrected chi connectivity index (χ4v) is 7.94. The molecule has 2 bridgehead atoms. The first-order valence-corrected chi connectivity index (χ1v) is 11.0. The number of likely N-dealkylation sites (N-methyl/N-ethyl adjacent to an activating group) is 1. The lowest BCUT2D eigenvalue weighted by Crippen LogP contribution is -2.74. The average Bonchev–Trinajstić information content (AvgIpc) is 3.23. The number of nitrogens with zero attached hydrogens (tertiary/aromatic N) is 3. The Bertz CT molecular complexity index is 909. The Morgan fingerprint density at radius 3 is 2.61 bits per heavy atom. The minimum absolute atomic E-state index is 0.111. The number of fused-ring (bicyclic) bond motifs is 2. The van der Waals surface area contributed by atoms with E-state index in [9.17, 15) is 14.9 Å². The Morgan fingerprint density at radius 2 is 1.96 bits per heavy atom. The van der Waals surface area contributed by atoms with E-state index in [-0.39, 0.29) is 25.0 Å². The fraction of sp³-hybridized carbons (Fsp3) is 0.526. The zero-order valence-electron chi connectivity index (χ0n) is 16.1. The van der Waals surface area contributed by atoms with E-state index >= 15 is 0 Å². The predicted octanol–water partition coefficient (Wildman–Crippen LogP) is 2.74. The highest BCUT2D eigenvalue weighted by atomic mass is 33.1. The highest BCUT2D eigenvalue weighted by Gasteiger charge is 2.74. The van der Waals surface area contributed by atoms with Crippen molar-refractivity contribution in [2.24, 2.45) is 5.41 Å². The number of piperazine rings is 1. The van der Waals surface area contributed by atoms with Crippen molar-refractivity contribution >= 4 is 33.4 Å². The number of carbonyl (C=O) groups excluding carboxylic acids is 2. The van der Waals surface area contributed by atoms with Crippen molar-refractivity contribution in [2.75, 3.05) is 13.8 Å². The summed E-state index contributed by atoms with van der Waals surface area (Å²) in [5, 5.41) is 10.0. The van der Waals surface area contributed by atoms with E-state index in [1.807, 2.05) is 6.92 Å². The molecule has 0 saturated carbocycles. The Kier molecular flexibility index (Phi) is 4.11. The number of amides is 2. The molecule has 148 valence electrons. The summed E-state index contributed by atoms with van der Waals surface area (Å²) in [6.45, 7) is 9.64. The standard InChI is InChI=1S/C19H21N3O4S2/c1-6-12-13(26-10-25-12)7-11(2)14-17(3,9-20)8-19-16(24)21(5)18(4,27-28-19)15(23)22(14)19/h6-7,14H,2,8,10H2,1,3-5H3/b12-6+,13-7+/t14-,17-,18+,19+/m0/s1. The van der Waals surface area contributed by atoms with Crippen molar-refractivity contribution in [1.29, 1.82) is 5.26 Å². The van der Waals surface area contributed by atoms with Gasteiger partial charge in [0.15, 0.2) is 21.3 Å². The van der Waals surface area contributed by atoms with E-state index in [2.05, 4.69) is 12.6 Å². The molecule has 7 nitrogen and oxygen atoms in total. The van der Waals surface area contributed by atoms with E-state index in [0.29, 0.717) is 17.1 Å². The van der Waals surface area contributed by atoms with Crippen molar-refractivity contribution in [2.45, 2.75) is 43.0 Å². The van der Waals surface area contributed by atoms with Gasteiger partial charge in [-0.25, -0.2) is 0 Å². The molecule has 5 rings (SSSR count). The van der Waals surface area contributed by atoms with Crippen LogP contribution in [0.5, 0.6) is 0 Å². The number of hydrogen-bond donors (Lipinski definition) is 0. The van der Waals surface area contributed by atoms with E-state index in [0.717, 1.165) is 0 Å². The average molecular weight is 420 g/mol. The van der Waals surface area contributed by atoms with Crippen LogP contribution in [0.2, 0.25) is 0 Å². The highest BCUT2D eigenvalue weighted by Crippen LogP contribution is 2.67. The fourth-order valence-electron chi connectivity index (χ4n) is 4.36. The summed E-state index contributed by atoms with van der Waals surface area (Å²) in [5.41, 5.74) is -0.412. The van der Waals surface area contributed by atoms with Gasteiger partial charge in [-0.2, -0.15) is 5.26 Å². The van der Waals surface area contributed by atoms with Crippen LogP contribution in [0.15, 0.2) is 35.8 Å².